The number of halogens is 1. The van der Waals surface area contributed by atoms with E-state index < -0.39 is 0 Å². The normalized spacial score (nSPS) is 13.2. The van der Waals surface area contributed by atoms with Gasteiger partial charge in [-0.05, 0) is 17.7 Å². The first-order valence-corrected chi connectivity index (χ1v) is 8.68. The number of Topliss-reactive ketones (excluding diaryl/α,β-unsaturated/α-hetero) is 1. The summed E-state index contributed by atoms with van der Waals surface area (Å²) in [5, 5.41) is 3.15. The third-order valence-electron chi connectivity index (χ3n) is 3.97. The van der Waals surface area contributed by atoms with Crippen molar-refractivity contribution in [2.24, 2.45) is 0 Å². The lowest BCUT2D eigenvalue weighted by molar-refractivity contribution is 0.104. The smallest absolute Gasteiger partial charge is 0.201 e. The molecule has 0 saturated heterocycles. The summed E-state index contributed by atoms with van der Waals surface area (Å²) in [5.74, 6) is -0.406. The molecule has 3 aromatic carbocycles. The van der Waals surface area contributed by atoms with Gasteiger partial charge in [0.15, 0.2) is 0 Å². The van der Waals surface area contributed by atoms with E-state index >= 15 is 0 Å². The van der Waals surface area contributed by atoms with E-state index in [1.807, 2.05) is 54.6 Å². The maximum absolute atomic E-state index is 14.2. The van der Waals surface area contributed by atoms with Crippen LogP contribution in [-0.2, 0) is 0 Å². The zero-order valence-corrected chi connectivity index (χ0v) is 14.0. The van der Waals surface area contributed by atoms with Gasteiger partial charge in [0.25, 0.3) is 0 Å². The van der Waals surface area contributed by atoms with E-state index in [1.165, 1.54) is 17.8 Å². The molecule has 0 aromatic heterocycles. The Morgan fingerprint density at radius 3 is 2.24 bits per heavy atom. The van der Waals surface area contributed by atoms with Gasteiger partial charge in [-0.1, -0.05) is 78.5 Å². The average Bonchev–Trinajstić information content (AvgIpc) is 2.68. The predicted octanol–water partition coefficient (Wildman–Crippen LogP) is 5.60. The molecule has 0 radical (unpaired) electrons. The monoisotopic (exact) mass is 347 g/mol. The molecule has 25 heavy (non-hydrogen) atoms. The van der Waals surface area contributed by atoms with Crippen LogP contribution < -0.4 is 5.32 Å². The van der Waals surface area contributed by atoms with Crippen molar-refractivity contribution in [2.75, 3.05) is 5.32 Å². The van der Waals surface area contributed by atoms with Crippen LogP contribution in [0.25, 0.3) is 5.70 Å². The lowest BCUT2D eigenvalue weighted by atomic mass is 10.1. The lowest BCUT2D eigenvalue weighted by Gasteiger charge is -2.24. The number of thioether (sulfide) groups is 1. The van der Waals surface area contributed by atoms with Gasteiger partial charge in [0.1, 0.15) is 5.82 Å². The molecule has 4 rings (SSSR count). The molecular weight excluding hydrogens is 333 g/mol. The molecule has 0 amide bonds. The summed E-state index contributed by atoms with van der Waals surface area (Å²) in [6.45, 7) is 0. The summed E-state index contributed by atoms with van der Waals surface area (Å²) in [6, 6.07) is 23.5. The zero-order valence-electron chi connectivity index (χ0n) is 13.2. The van der Waals surface area contributed by atoms with Crippen LogP contribution in [0.4, 0.5) is 10.1 Å². The van der Waals surface area contributed by atoms with Crippen molar-refractivity contribution in [3.8, 4) is 0 Å². The molecule has 1 heterocycles. The predicted molar refractivity (Wildman–Crippen MR) is 100 cm³/mol. The van der Waals surface area contributed by atoms with E-state index in [2.05, 4.69) is 5.32 Å². The van der Waals surface area contributed by atoms with Gasteiger partial charge in [-0.25, -0.2) is 4.39 Å². The SMILES string of the molecule is O=C(C1=C(c2ccccc2)Nc2c(F)cccc2S1)c1ccccc1. The summed E-state index contributed by atoms with van der Waals surface area (Å²) in [7, 11) is 0. The van der Waals surface area contributed by atoms with E-state index in [0.717, 1.165) is 5.56 Å². The number of anilines is 1. The minimum atomic E-state index is -0.329. The number of carbonyl (C=O) groups is 1. The maximum atomic E-state index is 14.2. The zero-order chi connectivity index (χ0) is 17.2. The fraction of sp³-hybridized carbons (Fsp3) is 0. The Morgan fingerprint density at radius 1 is 0.840 bits per heavy atom. The number of para-hydroxylation sites is 1. The van der Waals surface area contributed by atoms with Crippen LogP contribution in [0.5, 0.6) is 0 Å². The highest BCUT2D eigenvalue weighted by Gasteiger charge is 2.27. The Balaban J connectivity index is 1.87. The van der Waals surface area contributed by atoms with Crippen LogP contribution in [0.1, 0.15) is 15.9 Å². The molecule has 2 nitrogen and oxygen atoms in total. The molecule has 0 bridgehead atoms. The molecule has 1 aliphatic rings. The molecule has 1 aliphatic heterocycles. The first-order chi connectivity index (χ1) is 12.2. The summed E-state index contributed by atoms with van der Waals surface area (Å²) in [4.78, 5) is 14.3. The fourth-order valence-electron chi connectivity index (χ4n) is 2.74. The molecule has 4 heteroatoms. The number of benzene rings is 3. The molecule has 0 aliphatic carbocycles. The van der Waals surface area contributed by atoms with Crippen molar-refractivity contribution in [2.45, 2.75) is 4.90 Å². The van der Waals surface area contributed by atoms with Crippen molar-refractivity contribution in [3.63, 3.8) is 0 Å². The summed E-state index contributed by atoms with van der Waals surface area (Å²) >= 11 is 1.30. The molecule has 3 aromatic rings. The van der Waals surface area contributed by atoms with Gasteiger partial charge in [0, 0.05) is 10.5 Å². The highest BCUT2D eigenvalue weighted by Crippen LogP contribution is 2.44. The van der Waals surface area contributed by atoms with Crippen LogP contribution in [0, 0.1) is 5.82 Å². The number of carbonyl (C=O) groups excluding carboxylic acids is 1. The molecular formula is C21H14FNOS. The first-order valence-electron chi connectivity index (χ1n) is 7.87. The molecule has 0 spiro atoms. The lowest BCUT2D eigenvalue weighted by Crippen LogP contribution is -2.14. The molecule has 0 unspecified atom stereocenters. The summed E-state index contributed by atoms with van der Waals surface area (Å²) in [6.07, 6.45) is 0. The second kappa shape index (κ2) is 6.57. The van der Waals surface area contributed by atoms with E-state index in [-0.39, 0.29) is 11.6 Å². The Bertz CT molecular complexity index is 968. The van der Waals surface area contributed by atoms with Crippen LogP contribution in [0.3, 0.4) is 0 Å². The van der Waals surface area contributed by atoms with Crippen molar-refractivity contribution in [3.05, 3.63) is 101 Å². The summed E-state index contributed by atoms with van der Waals surface area (Å²) in [5.41, 5.74) is 2.51. The number of nitrogens with one attached hydrogen (secondary N) is 1. The topological polar surface area (TPSA) is 29.1 Å². The standard InChI is InChI=1S/C21H14FNOS/c22-16-12-7-13-17-19(16)23-18(14-8-3-1-4-9-14)21(25-17)20(24)15-10-5-2-6-11-15/h1-13,23H. The van der Waals surface area contributed by atoms with Gasteiger partial charge in [-0.15, -0.1) is 0 Å². The van der Waals surface area contributed by atoms with Crippen molar-refractivity contribution in [1.82, 2.24) is 0 Å². The number of allylic oxidation sites excluding steroid dienone is 1. The number of rotatable bonds is 3. The Hall–Kier alpha value is -2.85. The fourth-order valence-corrected chi connectivity index (χ4v) is 3.84. The van der Waals surface area contributed by atoms with E-state index in [4.69, 9.17) is 0 Å². The van der Waals surface area contributed by atoms with Crippen molar-refractivity contribution >= 4 is 28.9 Å². The van der Waals surface area contributed by atoms with Crippen LogP contribution >= 0.6 is 11.8 Å². The van der Waals surface area contributed by atoms with Gasteiger partial charge in [0.2, 0.25) is 5.78 Å². The number of hydrogen-bond acceptors (Lipinski definition) is 3. The molecule has 0 fully saturated rings. The molecule has 122 valence electrons. The van der Waals surface area contributed by atoms with Gasteiger partial charge in [0.05, 0.1) is 16.3 Å². The Morgan fingerprint density at radius 2 is 1.52 bits per heavy atom. The maximum Gasteiger partial charge on any atom is 0.201 e. The molecule has 0 saturated carbocycles. The number of hydrogen-bond donors (Lipinski definition) is 1. The van der Waals surface area contributed by atoms with E-state index in [1.54, 1.807) is 18.2 Å². The highest BCUT2D eigenvalue weighted by molar-refractivity contribution is 8.04. The van der Waals surface area contributed by atoms with Gasteiger partial charge in [-0.3, -0.25) is 4.79 Å². The molecule has 1 N–H and O–H groups in total. The van der Waals surface area contributed by atoms with E-state index in [0.29, 0.717) is 26.7 Å². The highest BCUT2D eigenvalue weighted by atomic mass is 32.2. The van der Waals surface area contributed by atoms with E-state index in [9.17, 15) is 9.18 Å². The Kier molecular flexibility index (Phi) is 4.12. The second-order valence-electron chi connectivity index (χ2n) is 5.61. The third kappa shape index (κ3) is 2.96. The van der Waals surface area contributed by atoms with Crippen LogP contribution in [0.15, 0.2) is 88.7 Å². The number of fused-ring (bicyclic) bond motifs is 1. The largest absolute Gasteiger partial charge is 0.351 e. The van der Waals surface area contributed by atoms with Gasteiger partial charge in [-0.2, -0.15) is 0 Å². The molecule has 0 atom stereocenters. The van der Waals surface area contributed by atoms with Crippen LogP contribution in [0.2, 0.25) is 0 Å². The van der Waals surface area contributed by atoms with Crippen molar-refractivity contribution in [1.29, 1.82) is 0 Å². The van der Waals surface area contributed by atoms with Crippen LogP contribution in [-0.4, -0.2) is 5.78 Å². The third-order valence-corrected chi connectivity index (χ3v) is 5.12. The first kappa shape index (κ1) is 15.7. The van der Waals surface area contributed by atoms with Gasteiger partial charge >= 0.3 is 0 Å². The second-order valence-corrected chi connectivity index (χ2v) is 6.66. The quantitative estimate of drug-likeness (QED) is 0.626. The van der Waals surface area contributed by atoms with Crippen molar-refractivity contribution < 1.29 is 9.18 Å². The van der Waals surface area contributed by atoms with Gasteiger partial charge < -0.3 is 5.32 Å². The minimum Gasteiger partial charge on any atom is -0.351 e. The Labute approximate surface area is 149 Å². The average molecular weight is 347 g/mol. The number of ketones is 1. The summed E-state index contributed by atoms with van der Waals surface area (Å²) < 4.78 is 14.2. The minimum absolute atomic E-state index is 0.0770.